The number of nitrogens with one attached hydrogen (secondary N) is 2. The molecule has 0 atom stereocenters. The van der Waals surface area contributed by atoms with Crippen LogP contribution in [-0.2, 0) is 16.0 Å². The van der Waals surface area contributed by atoms with Crippen LogP contribution in [0.5, 0.6) is 0 Å². The van der Waals surface area contributed by atoms with Gasteiger partial charge in [0.15, 0.2) is 0 Å². The summed E-state index contributed by atoms with van der Waals surface area (Å²) in [6, 6.07) is 11.2. The van der Waals surface area contributed by atoms with Crippen LogP contribution in [0.3, 0.4) is 0 Å². The lowest BCUT2D eigenvalue weighted by atomic mass is 10.1. The third-order valence-corrected chi connectivity index (χ3v) is 4.70. The Morgan fingerprint density at radius 3 is 2.56 bits per heavy atom. The van der Waals surface area contributed by atoms with Crippen LogP contribution in [0.25, 0.3) is 11.0 Å². The first-order valence-electron chi connectivity index (χ1n) is 8.72. The largest absolute Gasteiger partial charge is 0.464 e. The van der Waals surface area contributed by atoms with Crippen LogP contribution in [0, 0.1) is 13.8 Å². The van der Waals surface area contributed by atoms with Crippen molar-refractivity contribution in [1.29, 1.82) is 0 Å². The smallest absolute Gasteiger partial charge is 0.226 e. The molecule has 3 aromatic rings. The Kier molecular flexibility index (Phi) is 5.81. The molecular weight excluding hydrogens is 364 g/mol. The number of rotatable bonds is 6. The number of amides is 2. The maximum absolute atomic E-state index is 12.2. The lowest BCUT2D eigenvalue weighted by Gasteiger charge is -2.07. The van der Waals surface area contributed by atoms with Gasteiger partial charge < -0.3 is 15.1 Å². The first-order chi connectivity index (χ1) is 12.9. The molecule has 0 bridgehead atoms. The fraction of sp³-hybridized carbons (Fsp3) is 0.238. The van der Waals surface area contributed by atoms with Gasteiger partial charge in [-0.3, -0.25) is 9.59 Å². The summed E-state index contributed by atoms with van der Waals surface area (Å²) in [4.78, 5) is 24.1. The fourth-order valence-electron chi connectivity index (χ4n) is 2.75. The van der Waals surface area contributed by atoms with Gasteiger partial charge in [0, 0.05) is 34.6 Å². The van der Waals surface area contributed by atoms with E-state index in [2.05, 4.69) is 10.6 Å². The summed E-state index contributed by atoms with van der Waals surface area (Å²) < 4.78 is 5.50. The number of fused-ring (bicyclic) bond motifs is 1. The van der Waals surface area contributed by atoms with Crippen LogP contribution in [-0.4, -0.2) is 18.4 Å². The molecule has 0 spiro atoms. The lowest BCUT2D eigenvalue weighted by molar-refractivity contribution is -0.120. The predicted octanol–water partition coefficient (Wildman–Crippen LogP) is 4.39. The topological polar surface area (TPSA) is 71.3 Å². The van der Waals surface area contributed by atoms with Crippen molar-refractivity contribution >= 4 is 40.1 Å². The van der Waals surface area contributed by atoms with Gasteiger partial charge in [-0.2, -0.15) is 0 Å². The van der Waals surface area contributed by atoms with Crippen molar-refractivity contribution in [2.75, 3.05) is 11.9 Å². The van der Waals surface area contributed by atoms with Gasteiger partial charge in [-0.15, -0.1) is 0 Å². The van der Waals surface area contributed by atoms with Gasteiger partial charge in [0.1, 0.15) is 5.58 Å². The molecule has 2 amide bonds. The summed E-state index contributed by atoms with van der Waals surface area (Å²) in [6.45, 7) is 4.16. The monoisotopic (exact) mass is 384 g/mol. The van der Waals surface area contributed by atoms with Crippen molar-refractivity contribution in [1.82, 2.24) is 5.32 Å². The van der Waals surface area contributed by atoms with Gasteiger partial charge in [0.05, 0.1) is 12.7 Å². The zero-order valence-corrected chi connectivity index (χ0v) is 16.0. The Labute approximate surface area is 162 Å². The summed E-state index contributed by atoms with van der Waals surface area (Å²) in [5, 5.41) is 7.04. The minimum absolute atomic E-state index is 0.143. The highest BCUT2D eigenvalue weighted by molar-refractivity contribution is 6.32. The van der Waals surface area contributed by atoms with Crippen molar-refractivity contribution in [3.8, 4) is 0 Å². The molecule has 0 aliphatic heterocycles. The molecular formula is C21H21ClN2O3. The van der Waals surface area contributed by atoms with Crippen molar-refractivity contribution in [3.05, 3.63) is 64.4 Å². The van der Waals surface area contributed by atoms with Crippen LogP contribution in [0.4, 0.5) is 5.69 Å². The Bertz CT molecular complexity index is 977. The van der Waals surface area contributed by atoms with E-state index in [0.717, 1.165) is 27.8 Å². The molecule has 0 saturated carbocycles. The number of anilines is 1. The molecule has 2 aromatic carbocycles. The van der Waals surface area contributed by atoms with Crippen molar-refractivity contribution in [2.24, 2.45) is 0 Å². The lowest BCUT2D eigenvalue weighted by Crippen LogP contribution is -2.28. The van der Waals surface area contributed by atoms with E-state index < -0.39 is 0 Å². The molecule has 0 fully saturated rings. The number of carbonyl (C=O) groups excluding carboxylic acids is 2. The van der Waals surface area contributed by atoms with Crippen LogP contribution >= 0.6 is 11.6 Å². The molecule has 1 aromatic heterocycles. The van der Waals surface area contributed by atoms with E-state index in [1.54, 1.807) is 6.26 Å². The van der Waals surface area contributed by atoms with Crippen molar-refractivity contribution in [3.63, 3.8) is 0 Å². The minimum atomic E-state index is -0.169. The van der Waals surface area contributed by atoms with Gasteiger partial charge in [0.2, 0.25) is 11.8 Å². The fourth-order valence-corrected chi connectivity index (χ4v) is 2.91. The maximum atomic E-state index is 12.2. The van der Waals surface area contributed by atoms with E-state index in [9.17, 15) is 9.59 Å². The molecule has 27 heavy (non-hydrogen) atoms. The highest BCUT2D eigenvalue weighted by Crippen LogP contribution is 2.27. The minimum Gasteiger partial charge on any atom is -0.464 e. The molecule has 6 heteroatoms. The molecule has 140 valence electrons. The van der Waals surface area contributed by atoms with Crippen LogP contribution < -0.4 is 10.6 Å². The van der Waals surface area contributed by atoms with Gasteiger partial charge in [-0.1, -0.05) is 29.3 Å². The van der Waals surface area contributed by atoms with Gasteiger partial charge in [-0.25, -0.2) is 0 Å². The van der Waals surface area contributed by atoms with E-state index in [-0.39, 0.29) is 31.2 Å². The van der Waals surface area contributed by atoms with E-state index in [0.29, 0.717) is 10.6 Å². The third-order valence-electron chi connectivity index (χ3n) is 4.30. The Balaban J connectivity index is 1.49. The number of furan rings is 1. The maximum Gasteiger partial charge on any atom is 0.226 e. The highest BCUT2D eigenvalue weighted by atomic mass is 35.5. The number of benzene rings is 2. The van der Waals surface area contributed by atoms with Gasteiger partial charge in [0.25, 0.3) is 0 Å². The SMILES string of the molecule is Cc1ccc(NC(=O)CCNC(=O)Cc2coc3cc(C)c(Cl)cc23)cc1. The molecule has 5 nitrogen and oxygen atoms in total. The van der Waals surface area contributed by atoms with E-state index in [4.69, 9.17) is 16.0 Å². The molecule has 0 saturated heterocycles. The Morgan fingerprint density at radius 2 is 1.81 bits per heavy atom. The van der Waals surface area contributed by atoms with Gasteiger partial charge >= 0.3 is 0 Å². The standard InChI is InChI=1S/C21H21ClN2O3/c1-13-3-5-16(6-4-13)24-20(25)7-8-23-21(26)10-15-12-27-19-9-14(2)18(22)11-17(15)19/h3-6,9,11-12H,7-8,10H2,1-2H3,(H,23,26)(H,24,25). The van der Waals surface area contributed by atoms with Gasteiger partial charge in [-0.05, 0) is 43.7 Å². The summed E-state index contributed by atoms with van der Waals surface area (Å²) in [7, 11) is 0. The van der Waals surface area contributed by atoms with E-state index in [1.165, 1.54) is 0 Å². The molecule has 0 radical (unpaired) electrons. The normalized spacial score (nSPS) is 10.8. The van der Waals surface area contributed by atoms with Crippen molar-refractivity contribution in [2.45, 2.75) is 26.7 Å². The van der Waals surface area contributed by atoms with Crippen molar-refractivity contribution < 1.29 is 14.0 Å². The molecule has 3 rings (SSSR count). The third kappa shape index (κ3) is 4.89. The molecule has 0 aliphatic rings. The summed E-state index contributed by atoms with van der Waals surface area (Å²) in [6.07, 6.45) is 1.95. The number of halogens is 1. The number of carbonyl (C=O) groups is 2. The Morgan fingerprint density at radius 1 is 1.07 bits per heavy atom. The summed E-state index contributed by atoms with van der Waals surface area (Å²) in [5.74, 6) is -0.312. The average Bonchev–Trinajstić information content (AvgIpc) is 2.99. The molecule has 0 aliphatic carbocycles. The zero-order chi connectivity index (χ0) is 19.4. The second-order valence-electron chi connectivity index (χ2n) is 6.55. The highest BCUT2D eigenvalue weighted by Gasteiger charge is 2.12. The van der Waals surface area contributed by atoms with Crippen LogP contribution in [0.1, 0.15) is 23.1 Å². The first-order valence-corrected chi connectivity index (χ1v) is 9.09. The zero-order valence-electron chi connectivity index (χ0n) is 15.3. The number of aryl methyl sites for hydroxylation is 2. The molecule has 0 unspecified atom stereocenters. The summed E-state index contributed by atoms with van der Waals surface area (Å²) >= 11 is 6.16. The van der Waals surface area contributed by atoms with Crippen LogP contribution in [0.15, 0.2) is 47.1 Å². The summed E-state index contributed by atoms with van der Waals surface area (Å²) in [5.41, 5.74) is 4.28. The Hall–Kier alpha value is -2.79. The first kappa shape index (κ1) is 19.0. The second-order valence-corrected chi connectivity index (χ2v) is 6.96. The number of hydrogen-bond acceptors (Lipinski definition) is 3. The second kappa shape index (κ2) is 8.27. The quantitative estimate of drug-likeness (QED) is 0.662. The average molecular weight is 385 g/mol. The predicted molar refractivity (Wildman–Crippen MR) is 107 cm³/mol. The van der Waals surface area contributed by atoms with E-state index >= 15 is 0 Å². The van der Waals surface area contributed by atoms with Crippen LogP contribution in [0.2, 0.25) is 5.02 Å². The van der Waals surface area contributed by atoms with E-state index in [1.807, 2.05) is 50.2 Å². The molecule has 1 heterocycles. The molecule has 2 N–H and O–H groups in total. The number of hydrogen-bond donors (Lipinski definition) is 2.